The van der Waals surface area contributed by atoms with Crippen molar-refractivity contribution < 1.29 is 4.79 Å². The number of carbonyl (C=O) groups excluding carboxylic acids is 1. The molecule has 1 fully saturated rings. The van der Waals surface area contributed by atoms with Crippen LogP contribution in [0, 0.1) is 5.92 Å². The van der Waals surface area contributed by atoms with Gasteiger partial charge in [0.05, 0.1) is 5.92 Å². The van der Waals surface area contributed by atoms with Crippen molar-refractivity contribution in [1.29, 1.82) is 0 Å². The third-order valence-electron chi connectivity index (χ3n) is 4.06. The molecule has 0 radical (unpaired) electrons. The van der Waals surface area contributed by atoms with Gasteiger partial charge in [-0.2, -0.15) is 0 Å². The Morgan fingerprint density at radius 3 is 2.22 bits per heavy atom. The van der Waals surface area contributed by atoms with Crippen LogP contribution in [0.15, 0.2) is 24.3 Å². The van der Waals surface area contributed by atoms with Crippen molar-refractivity contribution in [2.24, 2.45) is 5.92 Å². The monoisotopic (exact) mass is 266 g/mol. The molecule has 1 aromatic carbocycles. The Hall–Kier alpha value is -1.06. The molecule has 18 heavy (non-hydrogen) atoms. The molecule has 1 aliphatic carbocycles. The van der Waals surface area contributed by atoms with Gasteiger partial charge in [-0.25, -0.2) is 0 Å². The zero-order valence-electron chi connectivity index (χ0n) is 10.6. The summed E-state index contributed by atoms with van der Waals surface area (Å²) in [5.41, 5.74) is 2.81. The number of nitrogens with one attached hydrogen (secondary N) is 1. The molecular formula is C14H19ClN2O. The Labute approximate surface area is 114 Å². The minimum Gasteiger partial charge on any atom is -0.342 e. The molecule has 0 spiro atoms. The van der Waals surface area contributed by atoms with Gasteiger partial charge in [0.15, 0.2) is 0 Å². The number of rotatable bonds is 2. The van der Waals surface area contributed by atoms with Crippen LogP contribution in [0.5, 0.6) is 0 Å². The first-order valence-corrected chi connectivity index (χ1v) is 6.30. The molecule has 1 aliphatic heterocycles. The Balaban J connectivity index is 0.00000120. The largest absolute Gasteiger partial charge is 0.342 e. The molecule has 2 aliphatic rings. The van der Waals surface area contributed by atoms with E-state index in [-0.39, 0.29) is 18.3 Å². The smallest absolute Gasteiger partial charge is 0.228 e. The zero-order chi connectivity index (χ0) is 11.8. The van der Waals surface area contributed by atoms with Gasteiger partial charge in [-0.15, -0.1) is 12.4 Å². The maximum atomic E-state index is 12.1. The molecular weight excluding hydrogens is 248 g/mol. The van der Waals surface area contributed by atoms with Gasteiger partial charge in [-0.05, 0) is 24.0 Å². The molecule has 3 nitrogen and oxygen atoms in total. The van der Waals surface area contributed by atoms with E-state index in [2.05, 4.69) is 29.6 Å². The summed E-state index contributed by atoms with van der Waals surface area (Å²) in [6, 6.07) is 8.88. The number of nitrogens with zero attached hydrogens (tertiary/aromatic N) is 1. The number of halogens is 1. The highest BCUT2D eigenvalue weighted by Gasteiger charge is 2.33. The number of amides is 1. The summed E-state index contributed by atoms with van der Waals surface area (Å²) in [5.74, 6) is 0.519. The molecule has 1 heterocycles. The van der Waals surface area contributed by atoms with E-state index < -0.39 is 0 Å². The van der Waals surface area contributed by atoms with Gasteiger partial charge in [-0.3, -0.25) is 4.79 Å². The number of likely N-dealkylation sites (N-methyl/N-ethyl adjacent to an activating group) is 1. The van der Waals surface area contributed by atoms with Crippen LogP contribution in [0.4, 0.5) is 0 Å². The predicted octanol–water partition coefficient (Wildman–Crippen LogP) is 1.25. The Morgan fingerprint density at radius 2 is 1.78 bits per heavy atom. The lowest BCUT2D eigenvalue weighted by Gasteiger charge is -2.33. The van der Waals surface area contributed by atoms with Crippen LogP contribution >= 0.6 is 12.4 Å². The number of hydrogen-bond acceptors (Lipinski definition) is 2. The lowest BCUT2D eigenvalue weighted by Crippen LogP contribution is -2.53. The standard InChI is InChI=1S/C14H18N2O.ClH/c1-16(14(17)12-8-15-9-12)13-6-10-4-2-3-5-11(10)7-13;/h2-5,12-13,15H,6-9H2,1H3;1H. The summed E-state index contributed by atoms with van der Waals surface area (Å²) in [6.07, 6.45) is 2.02. The predicted molar refractivity (Wildman–Crippen MR) is 74.0 cm³/mol. The van der Waals surface area contributed by atoms with Crippen molar-refractivity contribution in [3.8, 4) is 0 Å². The van der Waals surface area contributed by atoms with Crippen LogP contribution in [0.2, 0.25) is 0 Å². The lowest BCUT2D eigenvalue weighted by molar-refractivity contribution is -0.137. The van der Waals surface area contributed by atoms with Crippen molar-refractivity contribution >= 4 is 18.3 Å². The van der Waals surface area contributed by atoms with Gasteiger partial charge in [0.1, 0.15) is 0 Å². The zero-order valence-corrected chi connectivity index (χ0v) is 11.4. The Kier molecular flexibility index (Phi) is 3.93. The van der Waals surface area contributed by atoms with Crippen LogP contribution < -0.4 is 5.32 Å². The Morgan fingerprint density at radius 1 is 1.22 bits per heavy atom. The van der Waals surface area contributed by atoms with Gasteiger partial charge in [0, 0.05) is 26.2 Å². The van der Waals surface area contributed by atoms with E-state index in [0.29, 0.717) is 11.9 Å². The highest BCUT2D eigenvalue weighted by molar-refractivity contribution is 5.85. The van der Waals surface area contributed by atoms with E-state index in [1.807, 2.05) is 11.9 Å². The fourth-order valence-electron chi connectivity index (χ4n) is 2.74. The summed E-state index contributed by atoms with van der Waals surface area (Å²) < 4.78 is 0. The topological polar surface area (TPSA) is 32.3 Å². The molecule has 1 amide bonds. The van der Waals surface area contributed by atoms with Gasteiger partial charge >= 0.3 is 0 Å². The molecule has 0 atom stereocenters. The van der Waals surface area contributed by atoms with E-state index in [1.54, 1.807) is 0 Å². The van der Waals surface area contributed by atoms with Gasteiger partial charge in [0.25, 0.3) is 0 Å². The quantitative estimate of drug-likeness (QED) is 0.874. The van der Waals surface area contributed by atoms with E-state index in [9.17, 15) is 4.79 Å². The molecule has 3 rings (SSSR count). The second kappa shape index (κ2) is 5.29. The first kappa shape index (κ1) is 13.4. The number of carbonyl (C=O) groups is 1. The lowest BCUT2D eigenvalue weighted by atomic mass is 10.0. The summed E-state index contributed by atoms with van der Waals surface area (Å²) >= 11 is 0. The molecule has 1 aromatic rings. The number of fused-ring (bicyclic) bond motifs is 1. The molecule has 4 heteroatoms. The molecule has 1 saturated heterocycles. The molecule has 0 bridgehead atoms. The second-order valence-electron chi connectivity index (χ2n) is 5.14. The van der Waals surface area contributed by atoms with Crippen LogP contribution in [0.3, 0.4) is 0 Å². The minimum absolute atomic E-state index is 0. The van der Waals surface area contributed by atoms with Crippen molar-refractivity contribution in [2.75, 3.05) is 20.1 Å². The summed E-state index contributed by atoms with van der Waals surface area (Å²) in [7, 11) is 1.96. The molecule has 0 unspecified atom stereocenters. The average molecular weight is 267 g/mol. The fourth-order valence-corrected chi connectivity index (χ4v) is 2.74. The first-order chi connectivity index (χ1) is 8.25. The molecule has 1 N–H and O–H groups in total. The highest BCUT2D eigenvalue weighted by Crippen LogP contribution is 2.25. The summed E-state index contributed by atoms with van der Waals surface area (Å²) in [6.45, 7) is 1.70. The molecule has 98 valence electrons. The van der Waals surface area contributed by atoms with E-state index in [4.69, 9.17) is 0 Å². The van der Waals surface area contributed by atoms with Crippen molar-refractivity contribution in [3.05, 3.63) is 35.4 Å². The van der Waals surface area contributed by atoms with Gasteiger partial charge in [0.2, 0.25) is 5.91 Å². The van der Waals surface area contributed by atoms with Crippen LogP contribution in [-0.4, -0.2) is 37.0 Å². The second-order valence-corrected chi connectivity index (χ2v) is 5.14. The first-order valence-electron chi connectivity index (χ1n) is 6.30. The van der Waals surface area contributed by atoms with E-state index in [1.165, 1.54) is 11.1 Å². The number of hydrogen-bond donors (Lipinski definition) is 1. The van der Waals surface area contributed by atoms with Crippen molar-refractivity contribution in [3.63, 3.8) is 0 Å². The van der Waals surface area contributed by atoms with E-state index >= 15 is 0 Å². The molecule has 0 aromatic heterocycles. The third-order valence-corrected chi connectivity index (χ3v) is 4.06. The molecule has 0 saturated carbocycles. The van der Waals surface area contributed by atoms with Crippen molar-refractivity contribution in [2.45, 2.75) is 18.9 Å². The SMILES string of the molecule is CN(C(=O)C1CNC1)C1Cc2ccccc2C1.Cl. The van der Waals surface area contributed by atoms with Gasteiger partial charge < -0.3 is 10.2 Å². The van der Waals surface area contributed by atoms with Crippen LogP contribution in [0.25, 0.3) is 0 Å². The summed E-state index contributed by atoms with van der Waals surface area (Å²) in [4.78, 5) is 14.1. The van der Waals surface area contributed by atoms with E-state index in [0.717, 1.165) is 25.9 Å². The van der Waals surface area contributed by atoms with Crippen LogP contribution in [-0.2, 0) is 17.6 Å². The third kappa shape index (κ3) is 2.25. The minimum atomic E-state index is 0. The average Bonchev–Trinajstić information content (AvgIpc) is 2.68. The van der Waals surface area contributed by atoms with Crippen LogP contribution in [0.1, 0.15) is 11.1 Å². The highest BCUT2D eigenvalue weighted by atomic mass is 35.5. The normalized spacial score (nSPS) is 18.7. The Bertz CT molecular complexity index is 420. The maximum absolute atomic E-state index is 12.1. The summed E-state index contributed by atoms with van der Waals surface area (Å²) in [5, 5.41) is 3.16. The van der Waals surface area contributed by atoms with Gasteiger partial charge in [-0.1, -0.05) is 24.3 Å². The number of benzene rings is 1. The maximum Gasteiger partial charge on any atom is 0.228 e. The van der Waals surface area contributed by atoms with Crippen molar-refractivity contribution in [1.82, 2.24) is 10.2 Å². The fraction of sp³-hybridized carbons (Fsp3) is 0.500.